The Hall–Kier alpha value is -1.86. The Balaban J connectivity index is 1.41. The molecule has 1 saturated heterocycles. The zero-order chi connectivity index (χ0) is 17.2. The molecule has 2 aliphatic heterocycles. The van der Waals surface area contributed by atoms with Crippen molar-refractivity contribution in [2.75, 3.05) is 25.9 Å². The highest BCUT2D eigenvalue weighted by molar-refractivity contribution is 7.98. The van der Waals surface area contributed by atoms with E-state index in [1.54, 1.807) is 11.8 Å². The molecule has 0 bridgehead atoms. The van der Waals surface area contributed by atoms with E-state index in [2.05, 4.69) is 20.1 Å². The molecule has 0 atom stereocenters. The second-order valence-electron chi connectivity index (χ2n) is 6.60. The number of hydrogen-bond acceptors (Lipinski definition) is 5. The van der Waals surface area contributed by atoms with Crippen LogP contribution in [-0.4, -0.2) is 51.5 Å². The largest absolute Gasteiger partial charge is 0.339 e. The van der Waals surface area contributed by atoms with Gasteiger partial charge >= 0.3 is 0 Å². The quantitative estimate of drug-likeness (QED) is 0.853. The van der Waals surface area contributed by atoms with Gasteiger partial charge in [0.2, 0.25) is 0 Å². The van der Waals surface area contributed by atoms with Crippen LogP contribution < -0.4 is 5.32 Å². The first-order valence-electron chi connectivity index (χ1n) is 8.82. The molecule has 2 aromatic rings. The lowest BCUT2D eigenvalue weighted by Gasteiger charge is -2.32. The number of nitrogens with one attached hydrogen (secondary N) is 1. The smallest absolute Gasteiger partial charge is 0.253 e. The van der Waals surface area contributed by atoms with Crippen LogP contribution in [0.2, 0.25) is 0 Å². The Morgan fingerprint density at radius 3 is 2.64 bits per heavy atom. The summed E-state index contributed by atoms with van der Waals surface area (Å²) in [6, 6.07) is 7.90. The van der Waals surface area contributed by atoms with Crippen molar-refractivity contribution in [3.05, 3.63) is 41.5 Å². The third kappa shape index (κ3) is 3.30. The molecule has 0 saturated carbocycles. The fraction of sp³-hybridized carbons (Fsp3) is 0.500. The van der Waals surface area contributed by atoms with E-state index in [0.29, 0.717) is 5.92 Å². The molecule has 1 amide bonds. The summed E-state index contributed by atoms with van der Waals surface area (Å²) < 4.78 is 2.26. The van der Waals surface area contributed by atoms with E-state index < -0.39 is 0 Å². The molecule has 1 aromatic heterocycles. The highest BCUT2D eigenvalue weighted by Gasteiger charge is 2.29. The van der Waals surface area contributed by atoms with Crippen LogP contribution in [0.4, 0.5) is 0 Å². The van der Waals surface area contributed by atoms with Crippen LogP contribution in [0, 0.1) is 0 Å². The van der Waals surface area contributed by atoms with Gasteiger partial charge in [-0.2, -0.15) is 0 Å². The number of aromatic nitrogens is 3. The normalized spacial score (nSPS) is 18.2. The van der Waals surface area contributed by atoms with Crippen molar-refractivity contribution in [2.24, 2.45) is 0 Å². The van der Waals surface area contributed by atoms with Gasteiger partial charge in [-0.05, 0) is 43.4 Å². The summed E-state index contributed by atoms with van der Waals surface area (Å²) in [5, 5.41) is 12.1. The lowest BCUT2D eigenvalue weighted by atomic mass is 9.95. The van der Waals surface area contributed by atoms with E-state index in [1.165, 1.54) is 4.90 Å². The van der Waals surface area contributed by atoms with Crippen LogP contribution in [0.3, 0.4) is 0 Å². The Morgan fingerprint density at radius 2 is 1.92 bits per heavy atom. The van der Waals surface area contributed by atoms with Crippen molar-refractivity contribution < 1.29 is 4.79 Å². The number of fused-ring (bicyclic) bond motifs is 1. The third-order valence-corrected chi connectivity index (χ3v) is 5.88. The summed E-state index contributed by atoms with van der Waals surface area (Å²) in [5.74, 6) is 2.68. The van der Waals surface area contributed by atoms with Crippen molar-refractivity contribution in [1.29, 1.82) is 0 Å². The summed E-state index contributed by atoms with van der Waals surface area (Å²) in [6.45, 7) is 4.29. The zero-order valence-corrected chi connectivity index (χ0v) is 15.3. The van der Waals surface area contributed by atoms with E-state index in [4.69, 9.17) is 0 Å². The lowest BCUT2D eigenvalue weighted by Crippen LogP contribution is -2.38. The van der Waals surface area contributed by atoms with Crippen molar-refractivity contribution in [2.45, 2.75) is 36.7 Å². The molecule has 132 valence electrons. The van der Waals surface area contributed by atoms with Gasteiger partial charge < -0.3 is 14.8 Å². The van der Waals surface area contributed by atoms with Crippen LogP contribution in [0.15, 0.2) is 29.2 Å². The number of benzene rings is 1. The number of carbonyl (C=O) groups is 1. The van der Waals surface area contributed by atoms with Crippen molar-refractivity contribution in [3.63, 3.8) is 0 Å². The molecule has 6 nitrogen and oxygen atoms in total. The van der Waals surface area contributed by atoms with E-state index >= 15 is 0 Å². The predicted molar refractivity (Wildman–Crippen MR) is 97.8 cm³/mol. The van der Waals surface area contributed by atoms with E-state index in [0.717, 1.165) is 62.8 Å². The van der Waals surface area contributed by atoms with Gasteiger partial charge in [-0.15, -0.1) is 22.0 Å². The van der Waals surface area contributed by atoms with Gasteiger partial charge in [0.15, 0.2) is 0 Å². The Kier molecular flexibility index (Phi) is 4.76. The maximum absolute atomic E-state index is 12.7. The molecule has 1 aromatic carbocycles. The number of likely N-dealkylation sites (tertiary alicyclic amines) is 1. The van der Waals surface area contributed by atoms with Gasteiger partial charge in [0.25, 0.3) is 5.91 Å². The molecular formula is C18H23N5OS. The molecule has 1 N–H and O–H groups in total. The number of carbonyl (C=O) groups excluding carboxylic acids is 1. The van der Waals surface area contributed by atoms with Gasteiger partial charge in [0.05, 0.1) is 6.54 Å². The second-order valence-corrected chi connectivity index (χ2v) is 7.48. The van der Waals surface area contributed by atoms with Crippen molar-refractivity contribution in [1.82, 2.24) is 25.0 Å². The van der Waals surface area contributed by atoms with E-state index in [9.17, 15) is 4.79 Å². The number of amides is 1. The summed E-state index contributed by atoms with van der Waals surface area (Å²) in [7, 11) is 0. The molecule has 7 heteroatoms. The molecule has 3 heterocycles. The summed E-state index contributed by atoms with van der Waals surface area (Å²) >= 11 is 1.69. The van der Waals surface area contributed by atoms with Crippen LogP contribution in [0.25, 0.3) is 0 Å². The van der Waals surface area contributed by atoms with Gasteiger partial charge in [-0.3, -0.25) is 4.79 Å². The standard InChI is InChI=1S/C18H23N5OS/c1-25-15-4-2-14(3-5-15)18(24)22-9-6-13(7-10-22)17-21-20-16-12-19-8-11-23(16)17/h2-5,13,19H,6-12H2,1H3. The van der Waals surface area contributed by atoms with Crippen LogP contribution in [0.5, 0.6) is 0 Å². The highest BCUT2D eigenvalue weighted by Crippen LogP contribution is 2.28. The maximum atomic E-state index is 12.7. The van der Waals surface area contributed by atoms with Crippen LogP contribution >= 0.6 is 11.8 Å². The molecule has 0 unspecified atom stereocenters. The lowest BCUT2D eigenvalue weighted by molar-refractivity contribution is 0.0710. The molecule has 0 radical (unpaired) electrons. The van der Waals surface area contributed by atoms with Crippen LogP contribution in [-0.2, 0) is 13.1 Å². The third-order valence-electron chi connectivity index (χ3n) is 5.14. The average Bonchev–Trinajstić information content (AvgIpc) is 3.12. The molecule has 4 rings (SSSR count). The Morgan fingerprint density at radius 1 is 1.16 bits per heavy atom. The second kappa shape index (κ2) is 7.17. The van der Waals surface area contributed by atoms with Gasteiger partial charge in [0.1, 0.15) is 11.6 Å². The number of piperidine rings is 1. The van der Waals surface area contributed by atoms with E-state index in [-0.39, 0.29) is 5.91 Å². The molecule has 0 spiro atoms. The number of nitrogens with zero attached hydrogens (tertiary/aromatic N) is 4. The maximum Gasteiger partial charge on any atom is 0.253 e. The minimum Gasteiger partial charge on any atom is -0.339 e. The molecule has 1 fully saturated rings. The van der Waals surface area contributed by atoms with Gasteiger partial charge in [0, 0.05) is 42.6 Å². The SMILES string of the molecule is CSc1ccc(C(=O)N2CCC(c3nnc4n3CCNC4)CC2)cc1. The molecular weight excluding hydrogens is 334 g/mol. The fourth-order valence-corrected chi connectivity index (χ4v) is 4.08. The minimum absolute atomic E-state index is 0.138. The molecule has 0 aliphatic carbocycles. The van der Waals surface area contributed by atoms with Crippen molar-refractivity contribution in [3.8, 4) is 0 Å². The summed E-state index contributed by atoms with van der Waals surface area (Å²) in [6.07, 6.45) is 3.96. The minimum atomic E-state index is 0.138. The summed E-state index contributed by atoms with van der Waals surface area (Å²) in [4.78, 5) is 15.9. The average molecular weight is 357 g/mol. The fourth-order valence-electron chi connectivity index (χ4n) is 3.67. The Labute approximate surface area is 152 Å². The number of thioether (sulfide) groups is 1. The van der Waals surface area contributed by atoms with Crippen molar-refractivity contribution >= 4 is 17.7 Å². The number of hydrogen-bond donors (Lipinski definition) is 1. The first-order valence-corrected chi connectivity index (χ1v) is 10.0. The number of rotatable bonds is 3. The van der Waals surface area contributed by atoms with E-state index in [1.807, 2.05) is 35.4 Å². The first-order chi connectivity index (χ1) is 12.3. The topological polar surface area (TPSA) is 63.1 Å². The van der Waals surface area contributed by atoms with Crippen LogP contribution in [0.1, 0.15) is 40.8 Å². The predicted octanol–water partition coefficient (Wildman–Crippen LogP) is 2.12. The first kappa shape index (κ1) is 16.6. The molecule has 25 heavy (non-hydrogen) atoms. The van der Waals surface area contributed by atoms with Gasteiger partial charge in [-0.1, -0.05) is 0 Å². The Bertz CT molecular complexity index is 749. The van der Waals surface area contributed by atoms with Gasteiger partial charge in [-0.25, -0.2) is 0 Å². The summed E-state index contributed by atoms with van der Waals surface area (Å²) in [5.41, 5.74) is 0.780. The zero-order valence-electron chi connectivity index (χ0n) is 14.4. The highest BCUT2D eigenvalue weighted by atomic mass is 32.2. The molecule has 2 aliphatic rings. The monoisotopic (exact) mass is 357 g/mol.